The van der Waals surface area contributed by atoms with Gasteiger partial charge in [0.2, 0.25) is 16.9 Å². The van der Waals surface area contributed by atoms with Gasteiger partial charge in [0.15, 0.2) is 0 Å². The molecule has 31 heavy (non-hydrogen) atoms. The second-order valence-corrected chi connectivity index (χ2v) is 9.33. The molecule has 1 aliphatic heterocycles. The van der Waals surface area contributed by atoms with Crippen LogP contribution >= 0.6 is 22.9 Å². The van der Waals surface area contributed by atoms with Gasteiger partial charge in [-0.3, -0.25) is 14.4 Å². The van der Waals surface area contributed by atoms with Crippen molar-refractivity contribution in [1.82, 2.24) is 20.4 Å². The molecule has 1 atom stereocenters. The van der Waals surface area contributed by atoms with Crippen LogP contribution in [0, 0.1) is 5.92 Å². The lowest BCUT2D eigenvalue weighted by molar-refractivity contribution is -0.129. The molecule has 2 heterocycles. The normalized spacial score (nSPS) is 19.1. The van der Waals surface area contributed by atoms with Gasteiger partial charge in [0.1, 0.15) is 5.01 Å². The third-order valence-electron chi connectivity index (χ3n) is 5.73. The van der Waals surface area contributed by atoms with Crippen LogP contribution in [0.1, 0.15) is 47.5 Å². The van der Waals surface area contributed by atoms with Crippen molar-refractivity contribution in [1.29, 1.82) is 0 Å². The fourth-order valence-electron chi connectivity index (χ4n) is 4.11. The summed E-state index contributed by atoms with van der Waals surface area (Å²) in [5, 5.41) is 15.2. The lowest BCUT2D eigenvalue weighted by Crippen LogP contribution is -2.35. The monoisotopic (exact) mass is 461 g/mol. The van der Waals surface area contributed by atoms with E-state index in [1.165, 1.54) is 11.3 Å². The van der Waals surface area contributed by atoms with E-state index in [0.29, 0.717) is 46.3 Å². The van der Waals surface area contributed by atoms with Crippen LogP contribution in [0.2, 0.25) is 5.02 Å². The summed E-state index contributed by atoms with van der Waals surface area (Å²) in [7, 11) is 0. The van der Waals surface area contributed by atoms with E-state index in [4.69, 9.17) is 11.6 Å². The van der Waals surface area contributed by atoms with E-state index in [-0.39, 0.29) is 30.1 Å². The van der Waals surface area contributed by atoms with Crippen LogP contribution in [0.3, 0.4) is 0 Å². The Balaban J connectivity index is 1.24. The van der Waals surface area contributed by atoms with Crippen molar-refractivity contribution in [2.24, 2.45) is 5.92 Å². The fourth-order valence-corrected chi connectivity index (χ4v) is 5.08. The molecule has 164 valence electrons. The Morgan fingerprint density at radius 2 is 1.97 bits per heavy atom. The molecule has 1 saturated heterocycles. The van der Waals surface area contributed by atoms with Gasteiger partial charge in [-0.15, -0.1) is 10.2 Å². The molecular formula is C21H24ClN5O3S. The molecule has 0 radical (unpaired) electrons. The Kier molecular flexibility index (Phi) is 6.82. The van der Waals surface area contributed by atoms with E-state index in [1.807, 2.05) is 4.90 Å². The van der Waals surface area contributed by atoms with Gasteiger partial charge < -0.3 is 15.5 Å². The molecule has 0 spiro atoms. The highest BCUT2D eigenvalue weighted by Crippen LogP contribution is 2.30. The van der Waals surface area contributed by atoms with Crippen LogP contribution in [0.4, 0.5) is 5.13 Å². The molecule has 1 aromatic carbocycles. The van der Waals surface area contributed by atoms with Crippen molar-refractivity contribution in [3.05, 3.63) is 39.9 Å². The van der Waals surface area contributed by atoms with Gasteiger partial charge in [0.05, 0.1) is 16.5 Å². The fraction of sp³-hybridized carbons (Fsp3) is 0.476. The van der Waals surface area contributed by atoms with Crippen LogP contribution in [0.15, 0.2) is 24.3 Å². The molecule has 1 unspecified atom stereocenters. The topological polar surface area (TPSA) is 104 Å². The average molecular weight is 462 g/mol. The van der Waals surface area contributed by atoms with Gasteiger partial charge in [-0.05, 0) is 25.0 Å². The van der Waals surface area contributed by atoms with Crippen LogP contribution < -0.4 is 10.6 Å². The molecule has 1 aliphatic carbocycles. The molecule has 0 bridgehead atoms. The highest BCUT2D eigenvalue weighted by atomic mass is 35.5. The zero-order chi connectivity index (χ0) is 21.8. The summed E-state index contributed by atoms with van der Waals surface area (Å²) in [5.74, 6) is -0.723. The van der Waals surface area contributed by atoms with E-state index in [9.17, 15) is 14.4 Å². The highest BCUT2D eigenvalue weighted by Gasteiger charge is 2.38. The second-order valence-electron chi connectivity index (χ2n) is 7.86. The zero-order valence-electron chi connectivity index (χ0n) is 17.0. The van der Waals surface area contributed by atoms with Gasteiger partial charge in [-0.2, -0.15) is 0 Å². The molecule has 3 amide bonds. The van der Waals surface area contributed by atoms with Crippen molar-refractivity contribution in [3.8, 4) is 0 Å². The van der Waals surface area contributed by atoms with E-state index in [1.54, 1.807) is 24.3 Å². The van der Waals surface area contributed by atoms with Crippen LogP contribution in [0.5, 0.6) is 0 Å². The third kappa shape index (κ3) is 5.22. The SMILES string of the molecule is O=C(NCCc1nnc(NC(=O)C2CC(=O)N(C3CCCC3)C2)s1)c1ccccc1Cl. The van der Waals surface area contributed by atoms with Crippen LogP contribution in [-0.2, 0) is 16.0 Å². The number of halogens is 1. The Morgan fingerprint density at radius 3 is 2.74 bits per heavy atom. The molecule has 4 rings (SSSR count). The standard InChI is InChI=1S/C21H24ClN5O3S/c22-16-8-4-3-7-15(16)20(30)23-10-9-17-25-26-21(31-17)24-19(29)13-11-18(28)27(12-13)14-5-1-2-6-14/h3-4,7-8,13-14H,1-2,5-6,9-12H2,(H,23,30)(H,24,26,29). The molecule has 10 heteroatoms. The molecule has 1 aromatic heterocycles. The van der Waals surface area contributed by atoms with Crippen molar-refractivity contribution in [2.45, 2.75) is 44.6 Å². The Bertz CT molecular complexity index is 975. The zero-order valence-corrected chi connectivity index (χ0v) is 18.5. The minimum absolute atomic E-state index is 0.0688. The maximum Gasteiger partial charge on any atom is 0.252 e. The number of nitrogens with zero attached hydrogens (tertiary/aromatic N) is 3. The summed E-state index contributed by atoms with van der Waals surface area (Å²) in [6, 6.07) is 7.15. The van der Waals surface area contributed by atoms with Crippen molar-refractivity contribution in [2.75, 3.05) is 18.4 Å². The number of carbonyl (C=O) groups is 3. The predicted molar refractivity (Wildman–Crippen MR) is 118 cm³/mol. The minimum atomic E-state index is -0.352. The first-order valence-corrected chi connectivity index (χ1v) is 11.7. The summed E-state index contributed by atoms with van der Waals surface area (Å²) < 4.78 is 0. The highest BCUT2D eigenvalue weighted by molar-refractivity contribution is 7.15. The predicted octanol–water partition coefficient (Wildman–Crippen LogP) is 2.89. The lowest BCUT2D eigenvalue weighted by Gasteiger charge is -2.23. The number of nitrogens with one attached hydrogen (secondary N) is 2. The number of amides is 3. The van der Waals surface area contributed by atoms with Gasteiger partial charge in [0.25, 0.3) is 5.91 Å². The number of likely N-dealkylation sites (tertiary alicyclic amines) is 1. The maximum absolute atomic E-state index is 12.6. The summed E-state index contributed by atoms with van der Waals surface area (Å²) in [6.07, 6.45) is 5.11. The third-order valence-corrected chi connectivity index (χ3v) is 6.96. The number of hydrogen-bond acceptors (Lipinski definition) is 6. The first-order chi connectivity index (χ1) is 15.0. The number of carbonyl (C=O) groups excluding carboxylic acids is 3. The number of anilines is 1. The Hall–Kier alpha value is -2.52. The maximum atomic E-state index is 12.6. The van der Waals surface area contributed by atoms with Crippen molar-refractivity contribution in [3.63, 3.8) is 0 Å². The first-order valence-electron chi connectivity index (χ1n) is 10.5. The first kappa shape index (κ1) is 21.7. The number of rotatable bonds is 7. The average Bonchev–Trinajstić information content (AvgIpc) is 3.49. The van der Waals surface area contributed by atoms with E-state index >= 15 is 0 Å². The molecule has 2 N–H and O–H groups in total. The lowest BCUT2D eigenvalue weighted by atomic mass is 10.1. The molecule has 2 aliphatic rings. The number of benzene rings is 1. The van der Waals surface area contributed by atoms with Crippen LogP contribution in [-0.4, -0.2) is 52.0 Å². The number of hydrogen-bond donors (Lipinski definition) is 2. The Morgan fingerprint density at radius 1 is 1.19 bits per heavy atom. The van der Waals surface area contributed by atoms with Gasteiger partial charge in [-0.25, -0.2) is 0 Å². The van der Waals surface area contributed by atoms with E-state index < -0.39 is 0 Å². The molecule has 2 fully saturated rings. The quantitative estimate of drug-likeness (QED) is 0.659. The van der Waals surface area contributed by atoms with E-state index in [0.717, 1.165) is 25.7 Å². The van der Waals surface area contributed by atoms with Gasteiger partial charge in [-0.1, -0.05) is 47.9 Å². The number of aromatic nitrogens is 2. The summed E-state index contributed by atoms with van der Waals surface area (Å²) >= 11 is 7.30. The Labute approximate surface area is 189 Å². The summed E-state index contributed by atoms with van der Waals surface area (Å²) in [5.41, 5.74) is 0.423. The molecule has 2 aromatic rings. The van der Waals surface area contributed by atoms with Crippen LogP contribution in [0.25, 0.3) is 0 Å². The van der Waals surface area contributed by atoms with E-state index in [2.05, 4.69) is 20.8 Å². The summed E-state index contributed by atoms with van der Waals surface area (Å²) in [4.78, 5) is 39.0. The van der Waals surface area contributed by atoms with Crippen molar-refractivity contribution < 1.29 is 14.4 Å². The van der Waals surface area contributed by atoms with Crippen molar-refractivity contribution >= 4 is 45.8 Å². The second kappa shape index (κ2) is 9.74. The smallest absolute Gasteiger partial charge is 0.252 e. The molecule has 8 nitrogen and oxygen atoms in total. The molecule has 1 saturated carbocycles. The van der Waals surface area contributed by atoms with Gasteiger partial charge >= 0.3 is 0 Å². The molecular weight excluding hydrogens is 438 g/mol. The minimum Gasteiger partial charge on any atom is -0.352 e. The van der Waals surface area contributed by atoms with Gasteiger partial charge in [0, 0.05) is 32.0 Å². The largest absolute Gasteiger partial charge is 0.352 e. The summed E-state index contributed by atoms with van der Waals surface area (Å²) in [6.45, 7) is 0.856.